The lowest BCUT2D eigenvalue weighted by molar-refractivity contribution is -0.122. The number of hydrogen-bond acceptors (Lipinski definition) is 4. The first kappa shape index (κ1) is 20.2. The highest BCUT2D eigenvalue weighted by Crippen LogP contribution is 2.40. The lowest BCUT2D eigenvalue weighted by atomic mass is 9.75. The number of carbonyl (C=O) groups is 2. The highest BCUT2D eigenvalue weighted by Gasteiger charge is 2.51. The summed E-state index contributed by atoms with van der Waals surface area (Å²) in [7, 11) is 3.67. The lowest BCUT2D eigenvalue weighted by Gasteiger charge is -2.54. The molecule has 1 aromatic carbocycles. The number of aliphatic hydroxyl groups excluding tert-OH is 1. The molecule has 1 fully saturated rings. The van der Waals surface area contributed by atoms with Crippen molar-refractivity contribution in [2.75, 3.05) is 33.8 Å². The van der Waals surface area contributed by atoms with E-state index in [-0.39, 0.29) is 42.6 Å². The summed E-state index contributed by atoms with van der Waals surface area (Å²) >= 11 is 0. The van der Waals surface area contributed by atoms with Crippen molar-refractivity contribution in [1.29, 1.82) is 0 Å². The van der Waals surface area contributed by atoms with Crippen molar-refractivity contribution in [3.63, 3.8) is 0 Å². The summed E-state index contributed by atoms with van der Waals surface area (Å²) in [4.78, 5) is 28.1. The van der Waals surface area contributed by atoms with Crippen LogP contribution in [0.4, 0.5) is 4.79 Å². The third-order valence-corrected chi connectivity index (χ3v) is 4.53. The zero-order valence-corrected chi connectivity index (χ0v) is 16.0. The maximum Gasteiger partial charge on any atom is 0.318 e. The zero-order chi connectivity index (χ0) is 19.3. The SMILES string of the molecule is CC(C)NC(=O)N1[C@H](CO)[C@@H](c2ccccc2)[C@H]1CNC(=O)CN(C)C. The predicted octanol–water partition coefficient (Wildman–Crippen LogP) is 0.611. The van der Waals surface area contributed by atoms with Gasteiger partial charge in [-0.2, -0.15) is 0 Å². The van der Waals surface area contributed by atoms with Gasteiger partial charge in [0.2, 0.25) is 5.91 Å². The number of carbonyl (C=O) groups excluding carboxylic acids is 2. The molecule has 1 saturated heterocycles. The molecule has 26 heavy (non-hydrogen) atoms. The number of rotatable bonds is 7. The number of urea groups is 1. The van der Waals surface area contributed by atoms with E-state index in [0.29, 0.717) is 13.1 Å². The number of benzene rings is 1. The predicted molar refractivity (Wildman–Crippen MR) is 101 cm³/mol. The molecule has 1 aromatic rings. The first-order valence-corrected chi connectivity index (χ1v) is 9.01. The number of nitrogens with one attached hydrogen (secondary N) is 2. The van der Waals surface area contributed by atoms with Crippen LogP contribution in [0.2, 0.25) is 0 Å². The van der Waals surface area contributed by atoms with Crippen molar-refractivity contribution in [2.24, 2.45) is 0 Å². The van der Waals surface area contributed by atoms with Crippen molar-refractivity contribution in [1.82, 2.24) is 20.4 Å². The van der Waals surface area contributed by atoms with Crippen LogP contribution in [0.25, 0.3) is 0 Å². The summed E-state index contributed by atoms with van der Waals surface area (Å²) in [5, 5.41) is 15.7. The molecule has 7 heteroatoms. The van der Waals surface area contributed by atoms with Crippen molar-refractivity contribution < 1.29 is 14.7 Å². The molecule has 0 bridgehead atoms. The molecule has 1 aliphatic rings. The summed E-state index contributed by atoms with van der Waals surface area (Å²) < 4.78 is 0. The normalized spacial score (nSPS) is 22.3. The smallest absolute Gasteiger partial charge is 0.318 e. The summed E-state index contributed by atoms with van der Waals surface area (Å²) in [5.41, 5.74) is 1.06. The third kappa shape index (κ3) is 4.74. The quantitative estimate of drug-likeness (QED) is 0.664. The van der Waals surface area contributed by atoms with Gasteiger partial charge in [-0.05, 0) is 33.5 Å². The van der Waals surface area contributed by atoms with Crippen LogP contribution in [0.15, 0.2) is 30.3 Å². The van der Waals surface area contributed by atoms with Gasteiger partial charge >= 0.3 is 6.03 Å². The molecule has 0 unspecified atom stereocenters. The Hall–Kier alpha value is -2.12. The fourth-order valence-corrected chi connectivity index (χ4v) is 3.48. The van der Waals surface area contributed by atoms with Gasteiger partial charge in [0.05, 0.1) is 25.2 Å². The van der Waals surface area contributed by atoms with E-state index in [0.717, 1.165) is 5.56 Å². The molecule has 0 spiro atoms. The monoisotopic (exact) mass is 362 g/mol. The van der Waals surface area contributed by atoms with E-state index in [1.807, 2.05) is 58.3 Å². The van der Waals surface area contributed by atoms with Crippen LogP contribution in [-0.2, 0) is 4.79 Å². The number of likely N-dealkylation sites (N-methyl/N-ethyl adjacent to an activating group) is 1. The summed E-state index contributed by atoms with van der Waals surface area (Å²) in [6, 6.07) is 9.13. The second kappa shape index (κ2) is 9.00. The summed E-state index contributed by atoms with van der Waals surface area (Å²) in [6.07, 6.45) is 0. The summed E-state index contributed by atoms with van der Waals surface area (Å²) in [5.74, 6) is -0.0998. The minimum absolute atomic E-state index is 0.00148. The van der Waals surface area contributed by atoms with Gasteiger partial charge in [0.25, 0.3) is 0 Å². The van der Waals surface area contributed by atoms with Crippen LogP contribution in [0.1, 0.15) is 25.3 Å². The van der Waals surface area contributed by atoms with Gasteiger partial charge in [-0.25, -0.2) is 4.79 Å². The molecule has 0 aliphatic carbocycles. The van der Waals surface area contributed by atoms with Crippen molar-refractivity contribution in [2.45, 2.75) is 37.9 Å². The van der Waals surface area contributed by atoms with E-state index in [2.05, 4.69) is 10.6 Å². The van der Waals surface area contributed by atoms with Crippen molar-refractivity contribution in [3.05, 3.63) is 35.9 Å². The highest BCUT2D eigenvalue weighted by molar-refractivity contribution is 5.79. The number of likely N-dealkylation sites (tertiary alicyclic amines) is 1. The average molecular weight is 362 g/mol. The van der Waals surface area contributed by atoms with E-state index in [4.69, 9.17) is 0 Å². The Bertz CT molecular complexity index is 606. The minimum atomic E-state index is -0.299. The van der Waals surface area contributed by atoms with Crippen molar-refractivity contribution >= 4 is 11.9 Å². The van der Waals surface area contributed by atoms with E-state index >= 15 is 0 Å². The number of nitrogens with zero attached hydrogens (tertiary/aromatic N) is 2. The maximum absolute atomic E-state index is 12.6. The molecule has 2 rings (SSSR count). The Kier molecular flexibility index (Phi) is 6.99. The molecular formula is C19H30N4O3. The van der Waals surface area contributed by atoms with E-state index in [9.17, 15) is 14.7 Å². The molecule has 3 amide bonds. The molecule has 3 N–H and O–H groups in total. The Balaban J connectivity index is 2.17. The fourth-order valence-electron chi connectivity index (χ4n) is 3.48. The second-order valence-corrected chi connectivity index (χ2v) is 7.31. The van der Waals surface area contributed by atoms with Crippen LogP contribution in [0.5, 0.6) is 0 Å². The molecule has 144 valence electrons. The van der Waals surface area contributed by atoms with Gasteiger partial charge in [-0.3, -0.25) is 4.79 Å². The van der Waals surface area contributed by atoms with Crippen LogP contribution in [0.3, 0.4) is 0 Å². The summed E-state index contributed by atoms with van der Waals surface area (Å²) in [6.45, 7) is 4.33. The maximum atomic E-state index is 12.6. The van der Waals surface area contributed by atoms with E-state index in [1.165, 1.54) is 0 Å². The molecule has 7 nitrogen and oxygen atoms in total. The first-order chi connectivity index (χ1) is 12.3. The average Bonchev–Trinajstić information content (AvgIpc) is 2.53. The largest absolute Gasteiger partial charge is 0.394 e. The molecular weight excluding hydrogens is 332 g/mol. The number of hydrogen-bond donors (Lipinski definition) is 3. The van der Waals surface area contributed by atoms with Crippen LogP contribution >= 0.6 is 0 Å². The molecule has 1 heterocycles. The Labute approximate surface area is 155 Å². The van der Waals surface area contributed by atoms with Crippen LogP contribution in [0, 0.1) is 0 Å². The molecule has 1 aliphatic heterocycles. The Morgan fingerprint density at radius 1 is 1.19 bits per heavy atom. The standard InChI is InChI=1S/C19H30N4O3/c1-13(2)21-19(26)23-15(10-20-17(25)11-22(3)4)18(16(23)12-24)14-8-6-5-7-9-14/h5-9,13,15-16,18,24H,10-12H2,1-4H3,(H,20,25)(H,21,26)/t15-,16-,18+/m1/s1. The Morgan fingerprint density at radius 2 is 1.85 bits per heavy atom. The van der Waals surface area contributed by atoms with Crippen molar-refractivity contribution in [3.8, 4) is 0 Å². The first-order valence-electron chi connectivity index (χ1n) is 9.01. The van der Waals surface area contributed by atoms with Gasteiger partial charge in [-0.15, -0.1) is 0 Å². The van der Waals surface area contributed by atoms with Gasteiger partial charge in [0, 0.05) is 18.5 Å². The third-order valence-electron chi connectivity index (χ3n) is 4.53. The van der Waals surface area contributed by atoms with Crippen LogP contribution in [-0.4, -0.2) is 78.8 Å². The second-order valence-electron chi connectivity index (χ2n) is 7.31. The number of aliphatic hydroxyl groups is 1. The van der Waals surface area contributed by atoms with Crippen LogP contribution < -0.4 is 10.6 Å². The Morgan fingerprint density at radius 3 is 2.38 bits per heavy atom. The van der Waals surface area contributed by atoms with E-state index < -0.39 is 0 Å². The fraction of sp³-hybridized carbons (Fsp3) is 0.579. The van der Waals surface area contributed by atoms with Gasteiger partial charge in [0.15, 0.2) is 0 Å². The van der Waals surface area contributed by atoms with Gasteiger partial charge < -0.3 is 25.5 Å². The molecule has 0 aromatic heterocycles. The highest BCUT2D eigenvalue weighted by atomic mass is 16.3. The lowest BCUT2D eigenvalue weighted by Crippen LogP contribution is -2.70. The minimum Gasteiger partial charge on any atom is -0.394 e. The number of amides is 3. The van der Waals surface area contributed by atoms with E-state index in [1.54, 1.807) is 9.80 Å². The van der Waals surface area contributed by atoms with Gasteiger partial charge in [0.1, 0.15) is 0 Å². The molecule has 3 atom stereocenters. The topological polar surface area (TPSA) is 84.9 Å². The molecule has 0 radical (unpaired) electrons. The zero-order valence-electron chi connectivity index (χ0n) is 16.0. The van der Waals surface area contributed by atoms with Gasteiger partial charge in [-0.1, -0.05) is 30.3 Å². The molecule has 0 saturated carbocycles.